The second-order valence-electron chi connectivity index (χ2n) is 4.78. The Morgan fingerprint density at radius 3 is 2.68 bits per heavy atom. The maximum Gasteiger partial charge on any atom is 0.244 e. The zero-order valence-electron chi connectivity index (χ0n) is 12.0. The van der Waals surface area contributed by atoms with E-state index in [2.05, 4.69) is 29.2 Å². The summed E-state index contributed by atoms with van der Waals surface area (Å²) in [6, 6.07) is 0. The highest BCUT2D eigenvalue weighted by atomic mass is 16.5. The van der Waals surface area contributed by atoms with E-state index in [1.165, 1.54) is 0 Å². The first-order chi connectivity index (χ1) is 9.01. The molecule has 1 unspecified atom stereocenters. The largest absolute Gasteiger partial charge is 0.476 e. The lowest BCUT2D eigenvalue weighted by atomic mass is 10.1. The van der Waals surface area contributed by atoms with Crippen LogP contribution in [0.25, 0.3) is 0 Å². The number of hydrogen-bond donors (Lipinski definition) is 2. The van der Waals surface area contributed by atoms with Gasteiger partial charge in [-0.25, -0.2) is 0 Å². The third-order valence-corrected chi connectivity index (χ3v) is 3.07. The van der Waals surface area contributed by atoms with Crippen LogP contribution in [0.4, 0.5) is 0 Å². The molecule has 6 heteroatoms. The Labute approximate surface area is 113 Å². The average molecular weight is 266 g/mol. The number of hydrogen-bond acceptors (Lipinski definition) is 5. The lowest BCUT2D eigenvalue weighted by Crippen LogP contribution is -2.20. The molecular weight excluding hydrogens is 244 g/mol. The van der Waals surface area contributed by atoms with Gasteiger partial charge in [-0.05, 0) is 31.7 Å². The van der Waals surface area contributed by atoms with E-state index >= 15 is 0 Å². The summed E-state index contributed by atoms with van der Waals surface area (Å²) < 4.78 is 5.66. The molecule has 0 saturated carbocycles. The number of nitrogens with zero attached hydrogens (tertiary/aromatic N) is 3. The van der Waals surface area contributed by atoms with Gasteiger partial charge in [-0.3, -0.25) is 0 Å². The summed E-state index contributed by atoms with van der Waals surface area (Å²) in [7, 11) is 0. The molecule has 0 aromatic carbocycles. The SMILES string of the molecule is CCCC(C)COc1nnc(C)c(C)c1C(N)=NO. The second-order valence-corrected chi connectivity index (χ2v) is 4.78. The van der Waals surface area contributed by atoms with Crippen LogP contribution in [-0.4, -0.2) is 27.8 Å². The van der Waals surface area contributed by atoms with Crippen LogP contribution in [0.3, 0.4) is 0 Å². The summed E-state index contributed by atoms with van der Waals surface area (Å²) in [6.45, 7) is 8.45. The number of aryl methyl sites for hydroxylation is 1. The molecule has 0 aliphatic heterocycles. The van der Waals surface area contributed by atoms with Crippen LogP contribution < -0.4 is 10.5 Å². The van der Waals surface area contributed by atoms with E-state index in [0.29, 0.717) is 24.0 Å². The predicted molar refractivity (Wildman–Crippen MR) is 73.6 cm³/mol. The monoisotopic (exact) mass is 266 g/mol. The van der Waals surface area contributed by atoms with Crippen LogP contribution in [-0.2, 0) is 0 Å². The van der Waals surface area contributed by atoms with Crippen molar-refractivity contribution in [1.29, 1.82) is 0 Å². The van der Waals surface area contributed by atoms with Crippen LogP contribution in [0.1, 0.15) is 43.5 Å². The first-order valence-corrected chi connectivity index (χ1v) is 6.45. The smallest absolute Gasteiger partial charge is 0.244 e. The third-order valence-electron chi connectivity index (χ3n) is 3.07. The average Bonchev–Trinajstić information content (AvgIpc) is 2.39. The van der Waals surface area contributed by atoms with Crippen molar-refractivity contribution in [3.05, 3.63) is 16.8 Å². The van der Waals surface area contributed by atoms with E-state index in [9.17, 15) is 0 Å². The van der Waals surface area contributed by atoms with Gasteiger partial charge in [0.2, 0.25) is 5.88 Å². The lowest BCUT2D eigenvalue weighted by Gasteiger charge is -2.15. The quantitative estimate of drug-likeness (QED) is 0.355. The zero-order valence-corrected chi connectivity index (χ0v) is 12.0. The number of oxime groups is 1. The van der Waals surface area contributed by atoms with Crippen molar-refractivity contribution < 1.29 is 9.94 Å². The van der Waals surface area contributed by atoms with Crippen molar-refractivity contribution in [2.75, 3.05) is 6.61 Å². The second kappa shape index (κ2) is 6.92. The fourth-order valence-electron chi connectivity index (χ4n) is 1.84. The molecule has 1 heterocycles. The highest BCUT2D eigenvalue weighted by molar-refractivity contribution is 6.00. The normalized spacial score (nSPS) is 13.4. The molecule has 0 radical (unpaired) electrons. The van der Waals surface area contributed by atoms with Crippen LogP contribution in [0.15, 0.2) is 5.16 Å². The topological polar surface area (TPSA) is 93.6 Å². The van der Waals surface area contributed by atoms with Gasteiger partial charge in [0.15, 0.2) is 5.84 Å². The molecule has 3 N–H and O–H groups in total. The summed E-state index contributed by atoms with van der Waals surface area (Å²) in [6.07, 6.45) is 2.19. The van der Waals surface area contributed by atoms with Gasteiger partial charge in [-0.15, -0.1) is 5.10 Å². The number of nitrogens with two attached hydrogens (primary N) is 1. The van der Waals surface area contributed by atoms with Gasteiger partial charge in [-0.1, -0.05) is 25.4 Å². The minimum Gasteiger partial charge on any atom is -0.476 e. The maximum absolute atomic E-state index is 8.85. The van der Waals surface area contributed by atoms with Gasteiger partial charge in [0.1, 0.15) is 0 Å². The van der Waals surface area contributed by atoms with E-state index in [4.69, 9.17) is 15.7 Å². The standard InChI is InChI=1S/C13H22N4O2/c1-5-6-8(2)7-19-13-11(12(14)17-18)9(3)10(4)15-16-13/h8,18H,5-7H2,1-4H3,(H2,14,17). The molecule has 0 spiro atoms. The van der Waals surface area contributed by atoms with E-state index in [0.717, 1.165) is 24.1 Å². The van der Waals surface area contributed by atoms with Gasteiger partial charge in [-0.2, -0.15) is 5.10 Å². The Morgan fingerprint density at radius 1 is 1.42 bits per heavy atom. The Balaban J connectivity index is 2.98. The predicted octanol–water partition coefficient (Wildman–Crippen LogP) is 2.00. The lowest BCUT2D eigenvalue weighted by molar-refractivity contribution is 0.239. The fraction of sp³-hybridized carbons (Fsp3) is 0.615. The zero-order chi connectivity index (χ0) is 14.4. The van der Waals surface area contributed by atoms with Gasteiger partial charge in [0.05, 0.1) is 17.9 Å². The minimum atomic E-state index is -0.00588. The summed E-state index contributed by atoms with van der Waals surface area (Å²) in [5, 5.41) is 19.9. The van der Waals surface area contributed by atoms with Gasteiger partial charge in [0.25, 0.3) is 0 Å². The number of amidine groups is 1. The Hall–Kier alpha value is -1.85. The van der Waals surface area contributed by atoms with Gasteiger partial charge in [0, 0.05) is 0 Å². The van der Waals surface area contributed by atoms with E-state index in [1.807, 2.05) is 13.8 Å². The number of ether oxygens (including phenoxy) is 1. The van der Waals surface area contributed by atoms with Crippen molar-refractivity contribution in [3.63, 3.8) is 0 Å². The molecule has 1 aromatic heterocycles. The molecule has 106 valence electrons. The summed E-state index contributed by atoms with van der Waals surface area (Å²) in [4.78, 5) is 0. The van der Waals surface area contributed by atoms with E-state index in [-0.39, 0.29) is 5.84 Å². The molecular formula is C13H22N4O2. The summed E-state index contributed by atoms with van der Waals surface area (Å²) in [5.41, 5.74) is 7.74. The van der Waals surface area contributed by atoms with E-state index in [1.54, 1.807) is 0 Å². The van der Waals surface area contributed by atoms with Crippen LogP contribution >= 0.6 is 0 Å². The molecule has 0 aliphatic carbocycles. The Morgan fingerprint density at radius 2 is 2.11 bits per heavy atom. The minimum absolute atomic E-state index is 0.00588. The van der Waals surface area contributed by atoms with Crippen molar-refractivity contribution in [2.45, 2.75) is 40.5 Å². The molecule has 1 rings (SSSR count). The molecule has 1 aromatic rings. The van der Waals surface area contributed by atoms with Gasteiger partial charge < -0.3 is 15.7 Å². The van der Waals surface area contributed by atoms with Crippen LogP contribution in [0, 0.1) is 19.8 Å². The molecule has 0 amide bonds. The summed E-state index contributed by atoms with van der Waals surface area (Å²) >= 11 is 0. The molecule has 19 heavy (non-hydrogen) atoms. The molecule has 0 fully saturated rings. The van der Waals surface area contributed by atoms with Crippen molar-refractivity contribution in [3.8, 4) is 5.88 Å². The Bertz CT molecular complexity index is 460. The van der Waals surface area contributed by atoms with Crippen molar-refractivity contribution in [1.82, 2.24) is 10.2 Å². The highest BCUT2D eigenvalue weighted by Gasteiger charge is 2.17. The van der Waals surface area contributed by atoms with Crippen molar-refractivity contribution in [2.24, 2.45) is 16.8 Å². The molecule has 0 aliphatic rings. The first-order valence-electron chi connectivity index (χ1n) is 6.45. The van der Waals surface area contributed by atoms with E-state index < -0.39 is 0 Å². The molecule has 0 bridgehead atoms. The fourth-order valence-corrected chi connectivity index (χ4v) is 1.84. The first kappa shape index (κ1) is 15.2. The molecule has 6 nitrogen and oxygen atoms in total. The Kier molecular flexibility index (Phi) is 5.54. The molecule has 1 atom stereocenters. The maximum atomic E-state index is 8.85. The van der Waals surface area contributed by atoms with Gasteiger partial charge >= 0.3 is 0 Å². The summed E-state index contributed by atoms with van der Waals surface area (Å²) in [5.74, 6) is 0.739. The third kappa shape index (κ3) is 3.81. The molecule has 0 saturated heterocycles. The van der Waals surface area contributed by atoms with Crippen LogP contribution in [0.2, 0.25) is 0 Å². The number of aromatic nitrogens is 2. The van der Waals surface area contributed by atoms with Crippen LogP contribution in [0.5, 0.6) is 5.88 Å². The number of rotatable bonds is 6. The highest BCUT2D eigenvalue weighted by Crippen LogP contribution is 2.21. The van der Waals surface area contributed by atoms with Crippen molar-refractivity contribution >= 4 is 5.84 Å².